The zero-order valence-electron chi connectivity index (χ0n) is 17.2. The summed E-state index contributed by atoms with van der Waals surface area (Å²) in [5.74, 6) is 1.24. The van der Waals surface area contributed by atoms with Crippen LogP contribution in [-0.4, -0.2) is 67.8 Å². The molecule has 4 aliphatic heterocycles. The van der Waals surface area contributed by atoms with Crippen LogP contribution >= 0.6 is 0 Å². The lowest BCUT2D eigenvalue weighted by Gasteiger charge is -2.41. The fraction of sp³-hybridized carbons (Fsp3) is 0.952. The average molecular weight is 411 g/mol. The summed E-state index contributed by atoms with van der Waals surface area (Å²) in [7, 11) is 0. The number of amides is 1. The molecule has 3 N–H and O–H groups in total. The summed E-state index contributed by atoms with van der Waals surface area (Å²) in [5.41, 5.74) is 1.65. The highest BCUT2D eigenvalue weighted by Crippen LogP contribution is 2.38. The van der Waals surface area contributed by atoms with Gasteiger partial charge in [0.25, 0.3) is 5.91 Å². The molecule has 1 amide bonds. The lowest BCUT2D eigenvalue weighted by Crippen LogP contribution is -2.54. The van der Waals surface area contributed by atoms with Crippen LogP contribution < -0.4 is 16.1 Å². The Labute approximate surface area is 172 Å². The standard InChI is InChI=1S/C21H35FN4O3/c22-21(6-1-7-21)20(27)26-9-3-14(4-10-26)18-24-19(29-25-18)15-2-8-23-17(12-15)16-5-11-28-13-16/h14-19,23-25H,1-13H2. The number of hydrogen-bond acceptors (Lipinski definition) is 6. The van der Waals surface area contributed by atoms with Crippen LogP contribution in [0.25, 0.3) is 0 Å². The van der Waals surface area contributed by atoms with Crippen LogP contribution in [0.4, 0.5) is 4.39 Å². The van der Waals surface area contributed by atoms with E-state index in [9.17, 15) is 9.18 Å². The van der Waals surface area contributed by atoms with Crippen LogP contribution in [0.2, 0.25) is 0 Å². The van der Waals surface area contributed by atoms with Gasteiger partial charge in [-0.15, -0.1) is 0 Å². The van der Waals surface area contributed by atoms with Crippen LogP contribution in [0.15, 0.2) is 0 Å². The van der Waals surface area contributed by atoms with E-state index in [1.165, 1.54) is 0 Å². The molecule has 7 nitrogen and oxygen atoms in total. The van der Waals surface area contributed by atoms with Crippen molar-refractivity contribution in [3.8, 4) is 0 Å². The molecule has 1 aliphatic carbocycles. The number of hydrogen-bond donors (Lipinski definition) is 3. The molecule has 0 radical (unpaired) electrons. The smallest absolute Gasteiger partial charge is 0.260 e. The van der Waals surface area contributed by atoms with Crippen molar-refractivity contribution in [1.82, 2.24) is 21.0 Å². The molecule has 29 heavy (non-hydrogen) atoms. The predicted molar refractivity (Wildman–Crippen MR) is 105 cm³/mol. The molecule has 1 saturated carbocycles. The number of halogens is 1. The van der Waals surface area contributed by atoms with Crippen molar-refractivity contribution in [2.45, 2.75) is 75.5 Å². The first kappa shape index (κ1) is 20.1. The maximum Gasteiger partial charge on any atom is 0.260 e. The van der Waals surface area contributed by atoms with Gasteiger partial charge >= 0.3 is 0 Å². The summed E-state index contributed by atoms with van der Waals surface area (Å²) in [6.07, 6.45) is 6.94. The Hall–Kier alpha value is -0.800. The summed E-state index contributed by atoms with van der Waals surface area (Å²) in [6.45, 7) is 4.10. The Morgan fingerprint density at radius 3 is 2.59 bits per heavy atom. The Bertz CT molecular complexity index is 590. The summed E-state index contributed by atoms with van der Waals surface area (Å²) < 4.78 is 20.0. The number of nitrogens with one attached hydrogen (secondary N) is 3. The van der Waals surface area contributed by atoms with Crippen molar-refractivity contribution < 1.29 is 18.8 Å². The Kier molecular flexibility index (Phi) is 5.82. The lowest BCUT2D eigenvalue weighted by molar-refractivity contribution is -0.151. The molecule has 5 unspecified atom stereocenters. The number of nitrogens with zero attached hydrogens (tertiary/aromatic N) is 1. The number of ether oxygens (including phenoxy) is 1. The fourth-order valence-corrected chi connectivity index (χ4v) is 5.76. The van der Waals surface area contributed by atoms with Gasteiger partial charge in [0.05, 0.1) is 12.8 Å². The van der Waals surface area contributed by atoms with Gasteiger partial charge in [0.15, 0.2) is 5.67 Å². The summed E-state index contributed by atoms with van der Waals surface area (Å²) in [5, 5.41) is 7.34. The molecular weight excluding hydrogens is 375 g/mol. The Morgan fingerprint density at radius 1 is 1.07 bits per heavy atom. The minimum Gasteiger partial charge on any atom is -0.381 e. The normalized spacial score (nSPS) is 40.7. The molecule has 5 atom stereocenters. The summed E-state index contributed by atoms with van der Waals surface area (Å²) >= 11 is 0. The van der Waals surface area contributed by atoms with E-state index >= 15 is 0 Å². The number of alkyl halides is 1. The molecule has 5 aliphatic rings. The maximum absolute atomic E-state index is 14.4. The van der Waals surface area contributed by atoms with Gasteiger partial charge in [-0.05, 0) is 69.7 Å². The molecule has 0 aromatic carbocycles. The van der Waals surface area contributed by atoms with Gasteiger partial charge in [-0.2, -0.15) is 5.48 Å². The number of rotatable bonds is 4. The molecule has 8 heteroatoms. The van der Waals surface area contributed by atoms with E-state index in [1.807, 2.05) is 0 Å². The van der Waals surface area contributed by atoms with Crippen molar-refractivity contribution in [2.24, 2.45) is 17.8 Å². The second kappa shape index (κ2) is 8.38. The summed E-state index contributed by atoms with van der Waals surface area (Å²) in [4.78, 5) is 20.1. The van der Waals surface area contributed by atoms with Crippen LogP contribution in [0.3, 0.4) is 0 Å². The number of carbonyl (C=O) groups excluding carboxylic acids is 1. The van der Waals surface area contributed by atoms with Gasteiger partial charge in [0, 0.05) is 31.7 Å². The van der Waals surface area contributed by atoms with Crippen molar-refractivity contribution in [1.29, 1.82) is 0 Å². The summed E-state index contributed by atoms with van der Waals surface area (Å²) in [6, 6.07) is 0.523. The number of likely N-dealkylation sites (tertiary alicyclic amines) is 1. The number of piperidine rings is 2. The van der Waals surface area contributed by atoms with Crippen molar-refractivity contribution in [3.63, 3.8) is 0 Å². The first-order valence-corrected chi connectivity index (χ1v) is 11.6. The van der Waals surface area contributed by atoms with E-state index in [0.29, 0.717) is 49.7 Å². The minimum atomic E-state index is -1.57. The largest absolute Gasteiger partial charge is 0.381 e. The van der Waals surface area contributed by atoms with Gasteiger partial charge < -0.3 is 15.0 Å². The van der Waals surface area contributed by atoms with Crippen molar-refractivity contribution in [2.75, 3.05) is 32.8 Å². The Morgan fingerprint density at radius 2 is 1.90 bits per heavy atom. The van der Waals surface area contributed by atoms with E-state index in [0.717, 1.165) is 58.3 Å². The average Bonchev–Trinajstić information content (AvgIpc) is 3.44. The van der Waals surface area contributed by atoms with Crippen molar-refractivity contribution >= 4 is 5.91 Å². The van der Waals surface area contributed by atoms with E-state index in [-0.39, 0.29) is 18.3 Å². The van der Waals surface area contributed by atoms with Gasteiger partial charge in [-0.1, -0.05) is 0 Å². The zero-order valence-corrected chi connectivity index (χ0v) is 17.2. The molecule has 164 valence electrons. The highest BCUT2D eigenvalue weighted by atomic mass is 19.1. The van der Waals surface area contributed by atoms with Gasteiger partial charge in [-0.25, -0.2) is 4.39 Å². The maximum atomic E-state index is 14.4. The molecule has 0 spiro atoms. The molecule has 5 fully saturated rings. The van der Waals surface area contributed by atoms with Crippen LogP contribution in [0.1, 0.15) is 51.4 Å². The molecule has 4 heterocycles. The molecule has 0 aromatic rings. The SMILES string of the molecule is O=C(N1CCC(C2NOC(C3CCNC(C4CCOC4)C3)N2)CC1)C1(F)CCC1. The van der Waals surface area contributed by atoms with Crippen LogP contribution in [0, 0.1) is 17.8 Å². The van der Waals surface area contributed by atoms with E-state index in [4.69, 9.17) is 9.57 Å². The fourth-order valence-electron chi connectivity index (χ4n) is 5.76. The van der Waals surface area contributed by atoms with Crippen molar-refractivity contribution in [3.05, 3.63) is 0 Å². The topological polar surface area (TPSA) is 74.9 Å². The minimum absolute atomic E-state index is 0.0377. The first-order valence-electron chi connectivity index (χ1n) is 11.6. The molecule has 4 saturated heterocycles. The Balaban J connectivity index is 1.09. The molecular formula is C21H35FN4O3. The highest BCUT2D eigenvalue weighted by Gasteiger charge is 2.48. The quantitative estimate of drug-likeness (QED) is 0.649. The number of carbonyl (C=O) groups is 1. The molecule has 5 rings (SSSR count). The monoisotopic (exact) mass is 410 g/mol. The predicted octanol–water partition coefficient (Wildman–Crippen LogP) is 1.30. The molecule has 0 aromatic heterocycles. The van der Waals surface area contributed by atoms with Gasteiger partial charge in [-0.3, -0.25) is 14.9 Å². The molecule has 0 bridgehead atoms. The second-order valence-electron chi connectivity index (χ2n) is 9.72. The van der Waals surface area contributed by atoms with Gasteiger partial charge in [0.2, 0.25) is 0 Å². The third-order valence-corrected chi connectivity index (χ3v) is 7.93. The second-order valence-corrected chi connectivity index (χ2v) is 9.72. The zero-order chi connectivity index (χ0) is 19.8. The van der Waals surface area contributed by atoms with E-state index in [1.54, 1.807) is 4.90 Å². The van der Waals surface area contributed by atoms with Gasteiger partial charge in [0.1, 0.15) is 6.23 Å². The first-order chi connectivity index (χ1) is 14.1. The lowest BCUT2D eigenvalue weighted by atomic mass is 9.80. The van der Waals surface area contributed by atoms with Crippen LogP contribution in [0.5, 0.6) is 0 Å². The van der Waals surface area contributed by atoms with E-state index < -0.39 is 5.67 Å². The number of hydroxylamine groups is 1. The van der Waals surface area contributed by atoms with Crippen LogP contribution in [-0.2, 0) is 14.4 Å². The third-order valence-electron chi connectivity index (χ3n) is 7.93. The van der Waals surface area contributed by atoms with E-state index in [2.05, 4.69) is 16.1 Å². The third kappa shape index (κ3) is 4.06. The highest BCUT2D eigenvalue weighted by molar-refractivity contribution is 5.86.